The van der Waals surface area contributed by atoms with E-state index in [4.69, 9.17) is 4.98 Å². The van der Waals surface area contributed by atoms with Gasteiger partial charge in [-0.3, -0.25) is 0 Å². The summed E-state index contributed by atoms with van der Waals surface area (Å²) in [7, 11) is 0. The molecule has 5 heteroatoms. The number of piperidine rings is 1. The van der Waals surface area contributed by atoms with Crippen molar-refractivity contribution in [2.45, 2.75) is 25.7 Å². The third-order valence-electron chi connectivity index (χ3n) is 4.85. The number of fused-ring (bicyclic) bond motifs is 1. The summed E-state index contributed by atoms with van der Waals surface area (Å²) >= 11 is 0. The van der Waals surface area contributed by atoms with Crippen molar-refractivity contribution in [3.63, 3.8) is 0 Å². The maximum atomic E-state index is 12.5. The number of rotatable bonds is 2. The summed E-state index contributed by atoms with van der Waals surface area (Å²) in [5.74, 6) is 1.43. The molecule has 2 aromatic carbocycles. The Morgan fingerprint density at radius 1 is 1.16 bits per heavy atom. The Bertz CT molecular complexity index is 860. The maximum absolute atomic E-state index is 12.5. The number of imidazole rings is 1. The predicted octanol–water partition coefficient (Wildman–Crippen LogP) is 4.28. The molecule has 0 spiro atoms. The molecule has 0 saturated carbocycles. The molecule has 128 valence electrons. The minimum absolute atomic E-state index is 0.0198. The van der Waals surface area contributed by atoms with Crippen LogP contribution in [0.15, 0.2) is 48.5 Å². The second-order valence-corrected chi connectivity index (χ2v) is 6.70. The zero-order valence-electron chi connectivity index (χ0n) is 14.3. The third kappa shape index (κ3) is 3.36. The fourth-order valence-corrected chi connectivity index (χ4v) is 3.45. The first kappa shape index (κ1) is 15.7. The summed E-state index contributed by atoms with van der Waals surface area (Å²) in [6, 6.07) is 16.0. The van der Waals surface area contributed by atoms with E-state index in [0.29, 0.717) is 5.92 Å². The number of carbonyl (C=O) groups excluding carboxylic acids is 1. The quantitative estimate of drug-likeness (QED) is 0.735. The van der Waals surface area contributed by atoms with Gasteiger partial charge in [-0.05, 0) is 49.6 Å². The van der Waals surface area contributed by atoms with Gasteiger partial charge in [0.25, 0.3) is 0 Å². The van der Waals surface area contributed by atoms with Crippen molar-refractivity contribution in [1.29, 1.82) is 0 Å². The van der Waals surface area contributed by atoms with Gasteiger partial charge in [0.15, 0.2) is 0 Å². The normalized spacial score (nSPS) is 15.5. The number of hydrogen-bond donors (Lipinski definition) is 2. The smallest absolute Gasteiger partial charge is 0.321 e. The van der Waals surface area contributed by atoms with Gasteiger partial charge in [0.2, 0.25) is 0 Å². The van der Waals surface area contributed by atoms with Crippen LogP contribution < -0.4 is 5.32 Å². The molecule has 0 atom stereocenters. The van der Waals surface area contributed by atoms with Crippen LogP contribution in [-0.2, 0) is 0 Å². The second kappa shape index (κ2) is 6.59. The van der Waals surface area contributed by atoms with Crippen LogP contribution in [0.3, 0.4) is 0 Å². The highest BCUT2D eigenvalue weighted by Gasteiger charge is 2.25. The van der Waals surface area contributed by atoms with Gasteiger partial charge in [0.05, 0.1) is 11.0 Å². The van der Waals surface area contributed by atoms with E-state index in [1.807, 2.05) is 54.3 Å². The van der Waals surface area contributed by atoms with Crippen LogP contribution in [0.4, 0.5) is 10.5 Å². The number of H-pyrrole nitrogens is 1. The van der Waals surface area contributed by atoms with Gasteiger partial charge in [0.1, 0.15) is 5.82 Å². The number of amides is 2. The average molecular weight is 334 g/mol. The average Bonchev–Trinajstić information content (AvgIpc) is 3.06. The van der Waals surface area contributed by atoms with Gasteiger partial charge in [-0.1, -0.05) is 24.3 Å². The van der Waals surface area contributed by atoms with Gasteiger partial charge in [-0.25, -0.2) is 9.78 Å². The Morgan fingerprint density at radius 3 is 2.72 bits per heavy atom. The number of likely N-dealkylation sites (tertiary alicyclic amines) is 1. The van der Waals surface area contributed by atoms with E-state index in [1.165, 1.54) is 0 Å². The van der Waals surface area contributed by atoms with Crippen LogP contribution in [0, 0.1) is 6.92 Å². The van der Waals surface area contributed by atoms with Crippen molar-refractivity contribution < 1.29 is 4.79 Å². The van der Waals surface area contributed by atoms with Gasteiger partial charge in [0, 0.05) is 24.7 Å². The zero-order chi connectivity index (χ0) is 17.2. The molecule has 4 rings (SSSR count). The summed E-state index contributed by atoms with van der Waals surface area (Å²) < 4.78 is 0. The van der Waals surface area contributed by atoms with Crippen molar-refractivity contribution in [3.8, 4) is 0 Å². The molecule has 1 saturated heterocycles. The van der Waals surface area contributed by atoms with E-state index in [-0.39, 0.29) is 6.03 Å². The molecule has 1 aliphatic rings. The summed E-state index contributed by atoms with van der Waals surface area (Å²) in [6.45, 7) is 3.52. The first-order valence-electron chi connectivity index (χ1n) is 8.76. The van der Waals surface area contributed by atoms with Crippen LogP contribution >= 0.6 is 0 Å². The molecule has 2 heterocycles. The summed E-state index contributed by atoms with van der Waals surface area (Å²) in [5.41, 5.74) is 4.08. The number of aryl methyl sites for hydroxylation is 1. The molecule has 0 aliphatic carbocycles. The standard InChI is InChI=1S/C20H22N4O/c1-14-5-4-6-16(13-14)21-20(25)24-11-9-15(10-12-24)19-22-17-7-2-3-8-18(17)23-19/h2-8,13,15H,9-12H2,1H3,(H,21,25)(H,22,23). The van der Waals surface area contributed by atoms with Gasteiger partial charge < -0.3 is 15.2 Å². The molecule has 1 aromatic heterocycles. The van der Waals surface area contributed by atoms with Gasteiger partial charge in [-0.15, -0.1) is 0 Å². The number of anilines is 1. The van der Waals surface area contributed by atoms with Crippen LogP contribution in [-0.4, -0.2) is 34.0 Å². The van der Waals surface area contributed by atoms with Gasteiger partial charge >= 0.3 is 6.03 Å². The second-order valence-electron chi connectivity index (χ2n) is 6.70. The van der Waals surface area contributed by atoms with Crippen molar-refractivity contribution in [3.05, 3.63) is 59.9 Å². The number of aromatic amines is 1. The molecular weight excluding hydrogens is 312 g/mol. The lowest BCUT2D eigenvalue weighted by atomic mass is 9.96. The predicted molar refractivity (Wildman–Crippen MR) is 99.8 cm³/mol. The lowest BCUT2D eigenvalue weighted by Crippen LogP contribution is -2.40. The van der Waals surface area contributed by atoms with E-state index in [9.17, 15) is 4.79 Å². The van der Waals surface area contributed by atoms with E-state index in [1.54, 1.807) is 0 Å². The number of nitrogens with zero attached hydrogens (tertiary/aromatic N) is 2. The van der Waals surface area contributed by atoms with Crippen molar-refractivity contribution in [1.82, 2.24) is 14.9 Å². The van der Waals surface area contributed by atoms with Crippen molar-refractivity contribution >= 4 is 22.8 Å². The molecule has 1 aliphatic heterocycles. The molecule has 0 bridgehead atoms. The third-order valence-corrected chi connectivity index (χ3v) is 4.85. The van der Waals surface area contributed by atoms with E-state index in [0.717, 1.165) is 54.0 Å². The molecular formula is C20H22N4O. The monoisotopic (exact) mass is 334 g/mol. The topological polar surface area (TPSA) is 61.0 Å². The van der Waals surface area contributed by atoms with E-state index >= 15 is 0 Å². The Morgan fingerprint density at radius 2 is 1.96 bits per heavy atom. The van der Waals surface area contributed by atoms with Crippen LogP contribution in [0.5, 0.6) is 0 Å². The fourth-order valence-electron chi connectivity index (χ4n) is 3.45. The Labute approximate surface area is 147 Å². The largest absolute Gasteiger partial charge is 0.342 e. The molecule has 0 unspecified atom stereocenters. The maximum Gasteiger partial charge on any atom is 0.321 e. The Kier molecular flexibility index (Phi) is 4.14. The molecule has 2 amide bonds. The Hall–Kier alpha value is -2.82. The molecule has 0 radical (unpaired) electrons. The number of para-hydroxylation sites is 2. The van der Waals surface area contributed by atoms with Crippen LogP contribution in [0.1, 0.15) is 30.1 Å². The SMILES string of the molecule is Cc1cccc(NC(=O)N2CCC(c3nc4ccccc4[nH]3)CC2)c1. The molecule has 1 fully saturated rings. The number of hydrogen-bond acceptors (Lipinski definition) is 2. The first-order chi connectivity index (χ1) is 12.2. The fraction of sp³-hybridized carbons (Fsp3) is 0.300. The highest BCUT2D eigenvalue weighted by atomic mass is 16.2. The number of benzene rings is 2. The lowest BCUT2D eigenvalue weighted by molar-refractivity contribution is 0.193. The summed E-state index contributed by atoms with van der Waals surface area (Å²) in [5, 5.41) is 2.99. The number of aromatic nitrogens is 2. The highest BCUT2D eigenvalue weighted by Crippen LogP contribution is 2.28. The molecule has 2 N–H and O–H groups in total. The van der Waals surface area contributed by atoms with Gasteiger partial charge in [-0.2, -0.15) is 0 Å². The van der Waals surface area contributed by atoms with Crippen LogP contribution in [0.2, 0.25) is 0 Å². The molecule has 25 heavy (non-hydrogen) atoms. The number of carbonyl (C=O) groups is 1. The van der Waals surface area contributed by atoms with E-state index < -0.39 is 0 Å². The summed E-state index contributed by atoms with van der Waals surface area (Å²) in [4.78, 5) is 22.5. The van der Waals surface area contributed by atoms with Crippen LogP contribution in [0.25, 0.3) is 11.0 Å². The van der Waals surface area contributed by atoms with Crippen molar-refractivity contribution in [2.75, 3.05) is 18.4 Å². The first-order valence-corrected chi connectivity index (χ1v) is 8.76. The van der Waals surface area contributed by atoms with Crippen molar-refractivity contribution in [2.24, 2.45) is 0 Å². The Balaban J connectivity index is 1.38. The molecule has 5 nitrogen and oxygen atoms in total. The number of nitrogens with one attached hydrogen (secondary N) is 2. The van der Waals surface area contributed by atoms with E-state index in [2.05, 4.69) is 16.4 Å². The summed E-state index contributed by atoms with van der Waals surface area (Å²) in [6.07, 6.45) is 1.86. The minimum Gasteiger partial charge on any atom is -0.342 e. The lowest BCUT2D eigenvalue weighted by Gasteiger charge is -2.31. The zero-order valence-corrected chi connectivity index (χ0v) is 14.3. The highest BCUT2D eigenvalue weighted by molar-refractivity contribution is 5.89. The molecule has 3 aromatic rings. The number of urea groups is 1. The minimum atomic E-state index is -0.0198.